The third-order valence-corrected chi connectivity index (χ3v) is 3.93. The molecule has 1 fully saturated rings. The van der Waals surface area contributed by atoms with E-state index >= 15 is 0 Å². The fourth-order valence-corrected chi connectivity index (χ4v) is 2.60. The van der Waals surface area contributed by atoms with Crippen molar-refractivity contribution in [2.75, 3.05) is 44.0 Å². The van der Waals surface area contributed by atoms with E-state index in [9.17, 15) is 14.4 Å². The van der Waals surface area contributed by atoms with E-state index in [4.69, 9.17) is 15.2 Å². The van der Waals surface area contributed by atoms with Crippen LogP contribution in [0.2, 0.25) is 0 Å². The minimum Gasteiger partial charge on any atom is -0.454 e. The van der Waals surface area contributed by atoms with Crippen LogP contribution in [-0.4, -0.2) is 60.5 Å². The van der Waals surface area contributed by atoms with Gasteiger partial charge in [-0.05, 0) is 6.92 Å². The number of likely N-dealkylation sites (N-methyl/N-ethyl adjacent to an activating group) is 1. The Morgan fingerprint density at radius 2 is 1.76 bits per heavy atom. The molecule has 0 unspecified atom stereocenters. The van der Waals surface area contributed by atoms with Crippen molar-refractivity contribution in [3.63, 3.8) is 0 Å². The maximum absolute atomic E-state index is 12.2. The molecule has 3 N–H and O–H groups in total. The topological polar surface area (TPSA) is 114 Å². The number of carbonyl (C=O) groups is 3. The van der Waals surface area contributed by atoms with Gasteiger partial charge in [-0.2, -0.15) is 0 Å². The van der Waals surface area contributed by atoms with Crippen molar-refractivity contribution >= 4 is 41.5 Å². The quantitative estimate of drug-likeness (QED) is 0.571. The molecule has 0 saturated carbocycles. The Kier molecular flexibility index (Phi) is 5.58. The average Bonchev–Trinajstić information content (AvgIpc) is 2.99. The van der Waals surface area contributed by atoms with Crippen LogP contribution in [0.3, 0.4) is 0 Å². The van der Waals surface area contributed by atoms with E-state index in [1.165, 1.54) is 9.80 Å². The molecule has 10 heteroatoms. The highest BCUT2D eigenvalue weighted by Crippen LogP contribution is 2.38. The van der Waals surface area contributed by atoms with Crippen molar-refractivity contribution in [2.24, 2.45) is 0 Å². The van der Waals surface area contributed by atoms with E-state index in [2.05, 4.69) is 5.32 Å². The summed E-state index contributed by atoms with van der Waals surface area (Å²) in [5, 5.41) is 2.63. The van der Waals surface area contributed by atoms with Crippen LogP contribution in [0.25, 0.3) is 0 Å². The van der Waals surface area contributed by atoms with Gasteiger partial charge in [0.15, 0.2) is 11.5 Å². The van der Waals surface area contributed by atoms with Gasteiger partial charge in [0.1, 0.15) is 6.54 Å². The molecule has 136 valence electrons. The Morgan fingerprint density at radius 3 is 2.44 bits per heavy atom. The number of rotatable bonds is 4. The molecule has 1 aromatic carbocycles. The summed E-state index contributed by atoms with van der Waals surface area (Å²) in [6, 6.07) is 3.13. The van der Waals surface area contributed by atoms with Crippen molar-refractivity contribution in [2.45, 2.75) is 6.92 Å². The monoisotopic (exact) mass is 370 g/mol. The Hall–Kier alpha value is -2.68. The molecule has 3 rings (SSSR count). The predicted molar refractivity (Wildman–Crippen MR) is 91.7 cm³/mol. The minimum atomic E-state index is -0.670. The molecule has 0 atom stereocenters. The highest BCUT2D eigenvalue weighted by atomic mass is 35.5. The number of nitrogens with two attached hydrogens (primary N) is 1. The molecular formula is C15H19ClN4O5. The van der Waals surface area contributed by atoms with Gasteiger partial charge in [-0.3, -0.25) is 14.4 Å². The van der Waals surface area contributed by atoms with E-state index in [0.717, 1.165) is 0 Å². The molecule has 0 aromatic heterocycles. The molecule has 9 nitrogen and oxygen atoms in total. The second-order valence-electron chi connectivity index (χ2n) is 5.45. The lowest BCUT2D eigenvalue weighted by Crippen LogP contribution is -2.55. The third-order valence-electron chi connectivity index (χ3n) is 3.93. The maximum atomic E-state index is 12.2. The molecule has 3 amide bonds. The molecule has 1 saturated heterocycles. The molecule has 2 aliphatic rings. The van der Waals surface area contributed by atoms with Crippen LogP contribution in [0, 0.1) is 0 Å². The average molecular weight is 371 g/mol. The fraction of sp³-hybridized carbons (Fsp3) is 0.400. The number of halogens is 1. The molecule has 0 aliphatic carbocycles. The third kappa shape index (κ3) is 3.71. The van der Waals surface area contributed by atoms with Crippen LogP contribution < -0.4 is 20.5 Å². The first kappa shape index (κ1) is 18.7. The fourth-order valence-electron chi connectivity index (χ4n) is 2.60. The van der Waals surface area contributed by atoms with Crippen LogP contribution in [0.4, 0.5) is 11.4 Å². The van der Waals surface area contributed by atoms with E-state index in [0.29, 0.717) is 42.5 Å². The number of nitrogens with one attached hydrogen (secondary N) is 1. The number of carbonyl (C=O) groups excluding carboxylic acids is 3. The number of benzene rings is 1. The number of amides is 3. The number of piperazine rings is 1. The molecule has 0 spiro atoms. The number of anilines is 2. The van der Waals surface area contributed by atoms with E-state index < -0.39 is 17.7 Å². The van der Waals surface area contributed by atoms with Gasteiger partial charge >= 0.3 is 11.8 Å². The largest absolute Gasteiger partial charge is 0.454 e. The first-order chi connectivity index (χ1) is 11.5. The van der Waals surface area contributed by atoms with E-state index in [-0.39, 0.29) is 25.7 Å². The first-order valence-electron chi connectivity index (χ1n) is 7.56. The van der Waals surface area contributed by atoms with Crippen molar-refractivity contribution < 1.29 is 23.9 Å². The Morgan fingerprint density at radius 1 is 1.16 bits per heavy atom. The lowest BCUT2D eigenvalue weighted by atomic mass is 10.2. The summed E-state index contributed by atoms with van der Waals surface area (Å²) >= 11 is 0. The van der Waals surface area contributed by atoms with Crippen molar-refractivity contribution in [1.82, 2.24) is 9.80 Å². The first-order valence-corrected chi connectivity index (χ1v) is 7.56. The maximum Gasteiger partial charge on any atom is 0.312 e. The highest BCUT2D eigenvalue weighted by Gasteiger charge is 2.32. The van der Waals surface area contributed by atoms with Gasteiger partial charge in [-0.15, -0.1) is 12.4 Å². The zero-order chi connectivity index (χ0) is 17.3. The summed E-state index contributed by atoms with van der Waals surface area (Å²) in [4.78, 5) is 38.7. The molecule has 25 heavy (non-hydrogen) atoms. The molecule has 2 aliphatic heterocycles. The molecule has 2 heterocycles. The van der Waals surface area contributed by atoms with E-state index in [1.54, 1.807) is 19.1 Å². The second kappa shape index (κ2) is 7.47. The summed E-state index contributed by atoms with van der Waals surface area (Å²) in [7, 11) is 0. The molecule has 1 aromatic rings. The van der Waals surface area contributed by atoms with Gasteiger partial charge in [-0.25, -0.2) is 0 Å². The lowest BCUT2D eigenvalue weighted by molar-refractivity contribution is -0.156. The zero-order valence-corrected chi connectivity index (χ0v) is 14.4. The highest BCUT2D eigenvalue weighted by molar-refractivity contribution is 6.35. The summed E-state index contributed by atoms with van der Waals surface area (Å²) in [6.07, 6.45) is 0. The second-order valence-corrected chi connectivity index (χ2v) is 5.45. The van der Waals surface area contributed by atoms with Gasteiger partial charge in [-0.1, -0.05) is 0 Å². The predicted octanol–water partition coefficient (Wildman–Crippen LogP) is 0.0485. The summed E-state index contributed by atoms with van der Waals surface area (Å²) in [5.74, 6) is -0.688. The number of hydrogen-bond acceptors (Lipinski definition) is 6. The molecule has 0 bridgehead atoms. The summed E-state index contributed by atoms with van der Waals surface area (Å²) in [6.45, 7) is 2.90. The van der Waals surface area contributed by atoms with Gasteiger partial charge in [0.25, 0.3) is 0 Å². The van der Waals surface area contributed by atoms with Crippen LogP contribution >= 0.6 is 12.4 Å². The number of fused-ring (bicyclic) bond motifs is 1. The number of ether oxygens (including phenoxy) is 2. The SMILES string of the molecule is CCN1CCN(CC(=O)Nc2cc3c(cc2N)OCO3)C(=O)C1=O.Cl. The summed E-state index contributed by atoms with van der Waals surface area (Å²) in [5.41, 5.74) is 6.56. The van der Waals surface area contributed by atoms with Crippen LogP contribution in [0.5, 0.6) is 11.5 Å². The van der Waals surface area contributed by atoms with E-state index in [1.807, 2.05) is 0 Å². The van der Waals surface area contributed by atoms with Crippen LogP contribution in [-0.2, 0) is 14.4 Å². The van der Waals surface area contributed by atoms with Gasteiger partial charge in [0.05, 0.1) is 11.4 Å². The van der Waals surface area contributed by atoms with Crippen molar-refractivity contribution in [1.29, 1.82) is 0 Å². The standard InChI is InChI=1S/C15H18N4O5.ClH/c1-2-18-3-4-19(15(22)14(18)21)7-13(20)17-10-6-12-11(5-9(10)16)23-8-24-12;/h5-6H,2-4,7-8,16H2,1H3,(H,17,20);1H. The van der Waals surface area contributed by atoms with Gasteiger partial charge in [0, 0.05) is 31.8 Å². The molecular weight excluding hydrogens is 352 g/mol. The van der Waals surface area contributed by atoms with Crippen molar-refractivity contribution in [3.05, 3.63) is 12.1 Å². The zero-order valence-electron chi connectivity index (χ0n) is 13.6. The van der Waals surface area contributed by atoms with Gasteiger partial charge in [0.2, 0.25) is 12.7 Å². The number of nitrogen functional groups attached to an aromatic ring is 1. The Bertz CT molecular complexity index is 711. The minimum absolute atomic E-state index is 0. The van der Waals surface area contributed by atoms with Crippen LogP contribution in [0.1, 0.15) is 6.92 Å². The normalized spacial score (nSPS) is 15.9. The Labute approximate surface area is 150 Å². The van der Waals surface area contributed by atoms with Crippen LogP contribution in [0.15, 0.2) is 12.1 Å². The summed E-state index contributed by atoms with van der Waals surface area (Å²) < 4.78 is 10.4. The van der Waals surface area contributed by atoms with Gasteiger partial charge < -0.3 is 30.3 Å². The lowest BCUT2D eigenvalue weighted by Gasteiger charge is -2.32. The van der Waals surface area contributed by atoms with Crippen molar-refractivity contribution in [3.8, 4) is 11.5 Å². The Balaban J connectivity index is 0.00000225. The number of nitrogens with zero attached hydrogens (tertiary/aromatic N) is 2. The molecule has 0 radical (unpaired) electrons. The number of hydrogen-bond donors (Lipinski definition) is 2. The smallest absolute Gasteiger partial charge is 0.312 e.